The molecule has 0 saturated heterocycles. The lowest BCUT2D eigenvalue weighted by atomic mass is 10.5. The molecule has 7 heteroatoms. The number of nitrogens with one attached hydrogen (secondary N) is 3. The molecule has 0 aromatic carbocycles. The molecule has 106 valence electrons. The number of hydrogen-bond acceptors (Lipinski definition) is 5. The first kappa shape index (κ1) is 17.0. The Morgan fingerprint density at radius 1 is 1.39 bits per heavy atom. The second-order valence-corrected chi connectivity index (χ2v) is 3.86. The van der Waals surface area contributed by atoms with E-state index in [0.29, 0.717) is 32.7 Å². The van der Waals surface area contributed by atoms with Gasteiger partial charge in [0.2, 0.25) is 0 Å². The van der Waals surface area contributed by atoms with Gasteiger partial charge >= 0.3 is 5.97 Å². The molecule has 0 aliphatic rings. The van der Waals surface area contributed by atoms with Crippen LogP contribution in [0.5, 0.6) is 0 Å². The van der Waals surface area contributed by atoms with E-state index in [9.17, 15) is 4.79 Å². The molecule has 0 radical (unpaired) electrons. The third-order valence-electron chi connectivity index (χ3n) is 2.10. The predicted octanol–water partition coefficient (Wildman–Crippen LogP) is 0.000200. The summed E-state index contributed by atoms with van der Waals surface area (Å²) < 4.78 is 0. The maximum Gasteiger partial charge on any atom is 0.317 e. The fourth-order valence-corrected chi connectivity index (χ4v) is 1.18. The van der Waals surface area contributed by atoms with Crippen LogP contribution in [0.1, 0.15) is 13.3 Å². The highest BCUT2D eigenvalue weighted by Crippen LogP contribution is 1.83. The van der Waals surface area contributed by atoms with E-state index in [1.165, 1.54) is 5.01 Å². The Kier molecular flexibility index (Phi) is 11.7. The van der Waals surface area contributed by atoms with Gasteiger partial charge in [0.05, 0.1) is 6.54 Å². The van der Waals surface area contributed by atoms with E-state index < -0.39 is 5.97 Å². The van der Waals surface area contributed by atoms with Crippen LogP contribution < -0.4 is 10.6 Å². The zero-order valence-electron chi connectivity index (χ0n) is 11.0. The number of aliphatic imine (C=N–C) groups is 1. The maximum absolute atomic E-state index is 10.2. The Morgan fingerprint density at radius 3 is 2.78 bits per heavy atom. The highest BCUT2D eigenvalue weighted by molar-refractivity contribution is 5.68. The summed E-state index contributed by atoms with van der Waals surface area (Å²) in [5.74, 6) is 6.74. The molecule has 0 aliphatic carbocycles. The van der Waals surface area contributed by atoms with Crippen LogP contribution >= 0.6 is 0 Å². The molecule has 0 aromatic rings. The molecule has 0 bridgehead atoms. The van der Waals surface area contributed by atoms with Crippen LogP contribution in [0.2, 0.25) is 0 Å². The molecular weight excluding hydrogens is 234 g/mol. The normalized spacial score (nSPS) is 11.5. The van der Waals surface area contributed by atoms with E-state index in [2.05, 4.69) is 22.5 Å². The molecule has 18 heavy (non-hydrogen) atoms. The average molecular weight is 258 g/mol. The van der Waals surface area contributed by atoms with Crippen molar-refractivity contribution in [2.24, 2.45) is 4.99 Å². The van der Waals surface area contributed by atoms with Crippen molar-refractivity contribution in [3.8, 4) is 0 Å². The van der Waals surface area contributed by atoms with Gasteiger partial charge in [-0.05, 0) is 13.0 Å². The minimum Gasteiger partial charge on any atom is -0.609 e. The van der Waals surface area contributed by atoms with Gasteiger partial charge < -0.3 is 26.6 Å². The molecule has 4 N–H and O–H groups in total. The molecule has 0 amide bonds. The Morgan fingerprint density at radius 2 is 2.11 bits per heavy atom. The lowest BCUT2D eigenvalue weighted by Gasteiger charge is -2.24. The Labute approximate surface area is 108 Å². The maximum atomic E-state index is 10.2. The fourth-order valence-electron chi connectivity index (χ4n) is 1.18. The first-order valence-electron chi connectivity index (χ1n) is 6.24. The van der Waals surface area contributed by atoms with E-state index in [4.69, 9.17) is 10.9 Å². The molecule has 0 heterocycles. The predicted molar refractivity (Wildman–Crippen MR) is 72.9 cm³/mol. The molecular formula is C11H24N5O2-. The van der Waals surface area contributed by atoms with Crippen LogP contribution in [0, 0.1) is 0 Å². The van der Waals surface area contributed by atoms with E-state index in [0.717, 1.165) is 13.0 Å². The third-order valence-corrected chi connectivity index (χ3v) is 2.10. The summed E-state index contributed by atoms with van der Waals surface area (Å²) >= 11 is 0. The standard InChI is InChI=1S/C11H24N5O2/c1-2-3-13-6-8-16(12)9-7-14-4-5-15-10-11(17)18/h6,12,14-15H,2-5,7-10H2,1H3,(H,17,18)/q-1. The van der Waals surface area contributed by atoms with Gasteiger partial charge in [0, 0.05) is 38.9 Å². The highest BCUT2D eigenvalue weighted by atomic mass is 16.4. The van der Waals surface area contributed by atoms with Gasteiger partial charge in [-0.3, -0.25) is 9.79 Å². The fraction of sp³-hybridized carbons (Fsp3) is 0.818. The van der Waals surface area contributed by atoms with Crippen molar-refractivity contribution in [2.45, 2.75) is 13.3 Å². The van der Waals surface area contributed by atoms with Gasteiger partial charge in [-0.1, -0.05) is 6.92 Å². The van der Waals surface area contributed by atoms with Crippen molar-refractivity contribution < 1.29 is 9.90 Å². The third kappa shape index (κ3) is 13.0. The Hall–Kier alpha value is -1.02. The van der Waals surface area contributed by atoms with E-state index in [-0.39, 0.29) is 6.54 Å². The summed E-state index contributed by atoms with van der Waals surface area (Å²) in [6, 6.07) is 0. The summed E-state index contributed by atoms with van der Waals surface area (Å²) in [5.41, 5.74) is 0. The van der Waals surface area contributed by atoms with Gasteiger partial charge in [0.1, 0.15) is 0 Å². The summed E-state index contributed by atoms with van der Waals surface area (Å²) in [4.78, 5) is 14.3. The molecule has 0 fully saturated rings. The Balaban J connectivity index is 3.24. The number of nitrogens with zero attached hydrogens (tertiary/aromatic N) is 2. The quantitative estimate of drug-likeness (QED) is 0.260. The van der Waals surface area contributed by atoms with Gasteiger partial charge in [0.25, 0.3) is 0 Å². The van der Waals surface area contributed by atoms with E-state index >= 15 is 0 Å². The summed E-state index contributed by atoms with van der Waals surface area (Å²) in [6.07, 6.45) is 2.80. The largest absolute Gasteiger partial charge is 0.609 e. The van der Waals surface area contributed by atoms with Crippen molar-refractivity contribution in [1.29, 1.82) is 0 Å². The zero-order valence-corrected chi connectivity index (χ0v) is 11.0. The molecule has 7 nitrogen and oxygen atoms in total. The molecule has 0 atom stereocenters. The summed E-state index contributed by atoms with van der Waals surface area (Å²) in [6.45, 7) is 6.06. The van der Waals surface area contributed by atoms with Crippen LogP contribution in [-0.2, 0) is 4.79 Å². The number of carboxylic acid groups (broad SMARTS) is 1. The van der Waals surface area contributed by atoms with Crippen LogP contribution in [0.4, 0.5) is 0 Å². The van der Waals surface area contributed by atoms with Crippen LogP contribution in [0.15, 0.2) is 4.99 Å². The number of aliphatic carboxylic acids is 1. The second-order valence-electron chi connectivity index (χ2n) is 3.86. The number of hydrogen-bond donors (Lipinski definition) is 3. The minimum absolute atomic E-state index is 0.0137. The lowest BCUT2D eigenvalue weighted by Crippen LogP contribution is -2.34. The van der Waals surface area contributed by atoms with Crippen LogP contribution in [-0.4, -0.2) is 68.1 Å². The van der Waals surface area contributed by atoms with Crippen LogP contribution in [0.3, 0.4) is 0 Å². The monoisotopic (exact) mass is 258 g/mol. The average Bonchev–Trinajstić information content (AvgIpc) is 2.33. The molecule has 0 rings (SSSR count). The SMILES string of the molecule is CCCN=CCN([NH-])CCNCCNCC(=O)O. The van der Waals surface area contributed by atoms with Gasteiger partial charge in [-0.25, -0.2) is 0 Å². The first-order chi connectivity index (χ1) is 8.66. The topological polar surface area (TPSA) is 101 Å². The molecule has 0 aromatic heterocycles. The van der Waals surface area contributed by atoms with Crippen molar-refractivity contribution in [2.75, 3.05) is 45.8 Å². The van der Waals surface area contributed by atoms with Crippen LogP contribution in [0.25, 0.3) is 5.84 Å². The Bertz CT molecular complexity index is 235. The molecule has 0 unspecified atom stereocenters. The molecule has 0 aliphatic heterocycles. The number of rotatable bonds is 12. The molecule has 0 saturated carbocycles. The zero-order chi connectivity index (χ0) is 13.6. The molecule has 0 spiro atoms. The first-order valence-corrected chi connectivity index (χ1v) is 6.24. The van der Waals surface area contributed by atoms with Gasteiger partial charge in [0.15, 0.2) is 0 Å². The van der Waals surface area contributed by atoms with Gasteiger partial charge in [-0.15, -0.1) is 0 Å². The summed E-state index contributed by atoms with van der Waals surface area (Å²) in [5, 5.41) is 15.7. The van der Waals surface area contributed by atoms with Crippen molar-refractivity contribution in [1.82, 2.24) is 15.6 Å². The van der Waals surface area contributed by atoms with E-state index in [1.807, 2.05) is 0 Å². The lowest BCUT2D eigenvalue weighted by molar-refractivity contribution is -0.135. The number of carbonyl (C=O) groups is 1. The second kappa shape index (κ2) is 12.4. The minimum atomic E-state index is -0.848. The van der Waals surface area contributed by atoms with Gasteiger partial charge in [-0.2, -0.15) is 0 Å². The highest BCUT2D eigenvalue weighted by Gasteiger charge is 1.94. The smallest absolute Gasteiger partial charge is 0.317 e. The van der Waals surface area contributed by atoms with Crippen molar-refractivity contribution in [3.63, 3.8) is 0 Å². The number of carboxylic acids is 1. The van der Waals surface area contributed by atoms with Crippen molar-refractivity contribution in [3.05, 3.63) is 5.84 Å². The van der Waals surface area contributed by atoms with Crippen molar-refractivity contribution >= 4 is 12.2 Å². The summed E-state index contributed by atoms with van der Waals surface area (Å²) in [7, 11) is 0. The van der Waals surface area contributed by atoms with E-state index in [1.54, 1.807) is 6.21 Å².